The van der Waals surface area contributed by atoms with Crippen molar-refractivity contribution in [2.24, 2.45) is 5.73 Å². The van der Waals surface area contributed by atoms with E-state index >= 15 is 0 Å². The normalized spacial score (nSPS) is 10.6. The van der Waals surface area contributed by atoms with Crippen LogP contribution in [0.25, 0.3) is 0 Å². The Hall–Kier alpha value is -1.35. The molecule has 0 unspecified atom stereocenters. The van der Waals surface area contributed by atoms with Gasteiger partial charge in [-0.2, -0.15) is 0 Å². The van der Waals surface area contributed by atoms with Gasteiger partial charge in [0.25, 0.3) is 0 Å². The van der Waals surface area contributed by atoms with Gasteiger partial charge in [-0.05, 0) is 28.8 Å². The Morgan fingerprint density at radius 1 is 0.889 bits per heavy atom. The predicted octanol–water partition coefficient (Wildman–Crippen LogP) is 3.52. The van der Waals surface area contributed by atoms with Crippen LogP contribution in [0, 0.1) is 0 Å². The summed E-state index contributed by atoms with van der Waals surface area (Å²) in [6.45, 7) is 1.74. The van der Waals surface area contributed by atoms with Crippen molar-refractivity contribution in [3.63, 3.8) is 0 Å². The Balaban J connectivity index is 1.84. The molecular formula is C15H16ClNO. The molecule has 0 radical (unpaired) electrons. The van der Waals surface area contributed by atoms with Crippen LogP contribution in [0.5, 0.6) is 0 Å². The molecule has 3 heteroatoms. The Bertz CT molecular complexity index is 496. The first-order valence-electron chi connectivity index (χ1n) is 5.88. The summed E-state index contributed by atoms with van der Waals surface area (Å²) in [5.41, 5.74) is 8.91. The number of benzene rings is 2. The van der Waals surface area contributed by atoms with Crippen molar-refractivity contribution < 1.29 is 4.74 Å². The van der Waals surface area contributed by atoms with E-state index in [-0.39, 0.29) is 0 Å². The van der Waals surface area contributed by atoms with Crippen LogP contribution in [0.3, 0.4) is 0 Å². The number of ether oxygens (including phenoxy) is 1. The maximum atomic E-state index is 5.91. The molecule has 0 spiro atoms. The first-order chi connectivity index (χ1) is 8.78. The minimum absolute atomic E-state index is 0.569. The van der Waals surface area contributed by atoms with Crippen LogP contribution in [-0.2, 0) is 24.5 Å². The molecule has 0 aliphatic rings. The summed E-state index contributed by atoms with van der Waals surface area (Å²) in [5.74, 6) is 0. The van der Waals surface area contributed by atoms with Gasteiger partial charge >= 0.3 is 0 Å². The van der Waals surface area contributed by atoms with Gasteiger partial charge in [0.1, 0.15) is 0 Å². The van der Waals surface area contributed by atoms with E-state index < -0.39 is 0 Å². The van der Waals surface area contributed by atoms with Gasteiger partial charge in [-0.25, -0.2) is 0 Å². The average molecular weight is 262 g/mol. The van der Waals surface area contributed by atoms with Crippen LogP contribution in [0.15, 0.2) is 48.5 Å². The molecule has 2 N–H and O–H groups in total. The number of nitrogens with two attached hydrogens (primary N) is 1. The SMILES string of the molecule is NCc1ccc(COCc2cccc(Cl)c2)cc1. The Morgan fingerprint density at radius 3 is 2.22 bits per heavy atom. The molecule has 2 nitrogen and oxygen atoms in total. The third kappa shape index (κ3) is 3.84. The van der Waals surface area contributed by atoms with Gasteiger partial charge in [-0.15, -0.1) is 0 Å². The van der Waals surface area contributed by atoms with Crippen molar-refractivity contribution in [1.29, 1.82) is 0 Å². The second-order valence-electron chi connectivity index (χ2n) is 4.14. The van der Waals surface area contributed by atoms with E-state index in [4.69, 9.17) is 22.1 Å². The summed E-state index contributed by atoms with van der Waals surface area (Å²) >= 11 is 5.91. The lowest BCUT2D eigenvalue weighted by molar-refractivity contribution is 0.107. The molecule has 0 aromatic heterocycles. The largest absolute Gasteiger partial charge is 0.372 e. The minimum atomic E-state index is 0.569. The predicted molar refractivity (Wildman–Crippen MR) is 74.3 cm³/mol. The highest BCUT2D eigenvalue weighted by molar-refractivity contribution is 6.30. The Kier molecular flexibility index (Phi) is 4.76. The van der Waals surface area contributed by atoms with E-state index in [0.717, 1.165) is 21.7 Å². The zero-order chi connectivity index (χ0) is 12.8. The molecule has 0 amide bonds. The summed E-state index contributed by atoms with van der Waals surface area (Å²) in [5, 5.41) is 0.739. The lowest BCUT2D eigenvalue weighted by Gasteiger charge is -2.06. The summed E-state index contributed by atoms with van der Waals surface area (Å²) in [4.78, 5) is 0. The molecule has 0 aliphatic heterocycles. The fourth-order valence-corrected chi connectivity index (χ4v) is 1.90. The van der Waals surface area contributed by atoms with Crippen molar-refractivity contribution >= 4 is 11.6 Å². The molecule has 0 saturated heterocycles. The first-order valence-corrected chi connectivity index (χ1v) is 6.26. The molecule has 2 aromatic rings. The van der Waals surface area contributed by atoms with Crippen LogP contribution in [0.4, 0.5) is 0 Å². The number of hydrogen-bond acceptors (Lipinski definition) is 2. The van der Waals surface area contributed by atoms with Crippen molar-refractivity contribution in [2.75, 3.05) is 0 Å². The van der Waals surface area contributed by atoms with E-state index in [9.17, 15) is 0 Å². The van der Waals surface area contributed by atoms with Gasteiger partial charge in [0.15, 0.2) is 0 Å². The highest BCUT2D eigenvalue weighted by atomic mass is 35.5. The third-order valence-electron chi connectivity index (χ3n) is 2.69. The number of rotatable bonds is 5. The van der Waals surface area contributed by atoms with Crippen molar-refractivity contribution in [2.45, 2.75) is 19.8 Å². The van der Waals surface area contributed by atoms with Crippen molar-refractivity contribution in [1.82, 2.24) is 0 Å². The molecular weight excluding hydrogens is 246 g/mol. The Labute approximate surface area is 112 Å². The van der Waals surface area contributed by atoms with Gasteiger partial charge in [-0.3, -0.25) is 0 Å². The molecule has 0 aliphatic carbocycles. The van der Waals surface area contributed by atoms with Crippen LogP contribution in [0.2, 0.25) is 5.02 Å². The topological polar surface area (TPSA) is 35.2 Å². The molecule has 0 atom stereocenters. The quantitative estimate of drug-likeness (QED) is 0.894. The van der Waals surface area contributed by atoms with E-state index in [1.807, 2.05) is 48.5 Å². The number of halogens is 1. The lowest BCUT2D eigenvalue weighted by Crippen LogP contribution is -1.97. The van der Waals surface area contributed by atoms with Crippen LogP contribution >= 0.6 is 11.6 Å². The van der Waals surface area contributed by atoms with Gasteiger partial charge in [0.05, 0.1) is 13.2 Å². The first kappa shape index (κ1) is 13.1. The Morgan fingerprint density at radius 2 is 1.56 bits per heavy atom. The van der Waals surface area contributed by atoms with E-state index in [2.05, 4.69) is 0 Å². The second kappa shape index (κ2) is 6.55. The smallest absolute Gasteiger partial charge is 0.0721 e. The van der Waals surface area contributed by atoms with Crippen LogP contribution in [0.1, 0.15) is 16.7 Å². The fourth-order valence-electron chi connectivity index (χ4n) is 1.69. The van der Waals surface area contributed by atoms with Gasteiger partial charge < -0.3 is 10.5 Å². The average Bonchev–Trinajstić information content (AvgIpc) is 2.40. The zero-order valence-corrected chi connectivity index (χ0v) is 10.9. The van der Waals surface area contributed by atoms with E-state index in [0.29, 0.717) is 19.8 Å². The summed E-state index contributed by atoms with van der Waals surface area (Å²) in [7, 11) is 0. The molecule has 0 bridgehead atoms. The second-order valence-corrected chi connectivity index (χ2v) is 4.58. The zero-order valence-electron chi connectivity index (χ0n) is 10.1. The van der Waals surface area contributed by atoms with Crippen molar-refractivity contribution in [3.05, 3.63) is 70.2 Å². The summed E-state index contributed by atoms with van der Waals surface area (Å²) < 4.78 is 5.64. The molecule has 0 fully saturated rings. The summed E-state index contributed by atoms with van der Waals surface area (Å²) in [6, 6.07) is 15.8. The summed E-state index contributed by atoms with van der Waals surface area (Å²) in [6.07, 6.45) is 0. The van der Waals surface area contributed by atoms with Crippen LogP contribution < -0.4 is 5.73 Å². The minimum Gasteiger partial charge on any atom is -0.372 e. The standard InChI is InChI=1S/C15H16ClNO/c16-15-3-1-2-14(8-15)11-18-10-13-6-4-12(9-17)5-7-13/h1-8H,9-11,17H2. The number of hydrogen-bond donors (Lipinski definition) is 1. The maximum Gasteiger partial charge on any atom is 0.0721 e. The highest BCUT2D eigenvalue weighted by Gasteiger charge is 1.97. The van der Waals surface area contributed by atoms with Gasteiger partial charge in [-0.1, -0.05) is 48.0 Å². The molecule has 2 aromatic carbocycles. The molecule has 18 heavy (non-hydrogen) atoms. The van der Waals surface area contributed by atoms with E-state index in [1.165, 1.54) is 0 Å². The van der Waals surface area contributed by atoms with E-state index in [1.54, 1.807) is 0 Å². The van der Waals surface area contributed by atoms with Crippen molar-refractivity contribution in [3.8, 4) is 0 Å². The molecule has 0 saturated carbocycles. The maximum absolute atomic E-state index is 5.91. The third-order valence-corrected chi connectivity index (χ3v) is 2.92. The van der Waals surface area contributed by atoms with Gasteiger partial charge in [0.2, 0.25) is 0 Å². The molecule has 2 rings (SSSR count). The fraction of sp³-hybridized carbons (Fsp3) is 0.200. The molecule has 94 valence electrons. The lowest BCUT2D eigenvalue weighted by atomic mass is 10.1. The van der Waals surface area contributed by atoms with Crippen LogP contribution in [-0.4, -0.2) is 0 Å². The molecule has 0 heterocycles. The monoisotopic (exact) mass is 261 g/mol. The van der Waals surface area contributed by atoms with Gasteiger partial charge in [0, 0.05) is 11.6 Å². The highest BCUT2D eigenvalue weighted by Crippen LogP contribution is 2.12.